The fourth-order valence-electron chi connectivity index (χ4n) is 2.44. The van der Waals surface area contributed by atoms with Crippen molar-refractivity contribution in [1.29, 1.82) is 0 Å². The smallest absolute Gasteiger partial charge is 0.158 e. The van der Waals surface area contributed by atoms with E-state index in [-0.39, 0.29) is 6.10 Å². The number of hydrogen-bond acceptors (Lipinski definition) is 5. The minimum absolute atomic E-state index is 0.187. The summed E-state index contributed by atoms with van der Waals surface area (Å²) >= 11 is 6.15. The second-order valence-corrected chi connectivity index (χ2v) is 5.58. The number of nitrogens with zero attached hydrogens (tertiary/aromatic N) is 4. The van der Waals surface area contributed by atoms with Gasteiger partial charge in [-0.3, -0.25) is 9.78 Å². The molecule has 122 valence electrons. The average molecular weight is 337 g/mol. The van der Waals surface area contributed by atoms with Gasteiger partial charge in [0, 0.05) is 25.7 Å². The summed E-state index contributed by atoms with van der Waals surface area (Å²) in [5.74, 6) is 1.04. The van der Waals surface area contributed by atoms with Crippen molar-refractivity contribution in [1.82, 2.24) is 20.0 Å². The number of aromatic amines is 1. The maximum absolute atomic E-state index is 9.54. The van der Waals surface area contributed by atoms with Crippen LogP contribution in [0.25, 0.3) is 0 Å². The molecule has 0 radical (unpaired) electrons. The lowest BCUT2D eigenvalue weighted by Crippen LogP contribution is -2.18. The van der Waals surface area contributed by atoms with Crippen molar-refractivity contribution < 1.29 is 9.84 Å². The molecule has 0 amide bonds. The number of amidine groups is 1. The fourth-order valence-corrected chi connectivity index (χ4v) is 2.69. The Balaban J connectivity index is 1.81. The second-order valence-electron chi connectivity index (χ2n) is 5.17. The number of aliphatic hydroxyl groups excluding tert-OH is 1. The minimum atomic E-state index is -0.439. The van der Waals surface area contributed by atoms with Gasteiger partial charge in [-0.1, -0.05) is 18.2 Å². The van der Waals surface area contributed by atoms with Gasteiger partial charge < -0.3 is 15.2 Å². The van der Waals surface area contributed by atoms with Crippen LogP contribution in [0.1, 0.15) is 23.9 Å². The highest BCUT2D eigenvalue weighted by Crippen LogP contribution is 2.28. The number of aliphatic hydroxyl groups is 1. The van der Waals surface area contributed by atoms with Crippen LogP contribution in [0.15, 0.2) is 30.0 Å². The van der Waals surface area contributed by atoms with Gasteiger partial charge in [0.2, 0.25) is 0 Å². The van der Waals surface area contributed by atoms with E-state index in [1.165, 1.54) is 6.20 Å². The standard InChI is InChI=1S/C14H17ClN6O2/c1-3-16-14(13-9(15)6-17-21(13)2)18-12-5-10(19-20-12)11-4-8(22)7-23-11/h3,5-6,8,11,22H,1,4,7H2,2H3,(H2,16,18,19,20). The molecule has 2 atom stereocenters. The third-order valence-corrected chi connectivity index (χ3v) is 3.78. The molecule has 2 aromatic heterocycles. The van der Waals surface area contributed by atoms with E-state index in [9.17, 15) is 5.11 Å². The summed E-state index contributed by atoms with van der Waals surface area (Å²) in [4.78, 5) is 4.20. The van der Waals surface area contributed by atoms with Crippen LogP contribution in [-0.4, -0.2) is 43.6 Å². The number of rotatable bonds is 4. The highest BCUT2D eigenvalue weighted by Gasteiger charge is 2.26. The van der Waals surface area contributed by atoms with Crippen LogP contribution < -0.4 is 5.32 Å². The molecule has 9 heteroatoms. The van der Waals surface area contributed by atoms with Crippen LogP contribution in [0, 0.1) is 0 Å². The molecule has 1 aliphatic rings. The molecule has 23 heavy (non-hydrogen) atoms. The molecule has 1 fully saturated rings. The molecule has 0 aliphatic carbocycles. The highest BCUT2D eigenvalue weighted by molar-refractivity contribution is 6.34. The van der Waals surface area contributed by atoms with Gasteiger partial charge in [-0.25, -0.2) is 4.99 Å². The minimum Gasteiger partial charge on any atom is -0.391 e. The van der Waals surface area contributed by atoms with Crippen LogP contribution in [0.3, 0.4) is 0 Å². The number of hydrogen-bond donors (Lipinski definition) is 3. The zero-order chi connectivity index (χ0) is 16.4. The molecule has 1 saturated heterocycles. The van der Waals surface area contributed by atoms with Gasteiger partial charge in [0.1, 0.15) is 11.8 Å². The van der Waals surface area contributed by atoms with Crippen molar-refractivity contribution in [3.05, 3.63) is 41.5 Å². The molecule has 3 rings (SSSR count). The molecule has 2 aromatic rings. The number of aryl methyl sites for hydroxylation is 1. The SMILES string of the molecule is C=CN=C(Nc1cc(C2CC(O)CO2)[nH]n1)c1c(Cl)cnn1C. The van der Waals surface area contributed by atoms with Gasteiger partial charge in [0.15, 0.2) is 11.7 Å². The maximum atomic E-state index is 9.54. The summed E-state index contributed by atoms with van der Waals surface area (Å²) in [7, 11) is 1.77. The largest absolute Gasteiger partial charge is 0.391 e. The Hall–Kier alpha value is -2.16. The van der Waals surface area contributed by atoms with Crippen molar-refractivity contribution in [2.45, 2.75) is 18.6 Å². The van der Waals surface area contributed by atoms with Gasteiger partial charge in [0.05, 0.1) is 29.6 Å². The number of aliphatic imine (C=N–C) groups is 1. The Kier molecular flexibility index (Phi) is 4.46. The summed E-state index contributed by atoms with van der Waals surface area (Å²) in [5, 5.41) is 24.3. The van der Waals surface area contributed by atoms with Gasteiger partial charge in [0.25, 0.3) is 0 Å². The normalized spacial score (nSPS) is 21.6. The van der Waals surface area contributed by atoms with Crippen LogP contribution in [0.2, 0.25) is 5.02 Å². The maximum Gasteiger partial charge on any atom is 0.158 e. The van der Waals surface area contributed by atoms with E-state index >= 15 is 0 Å². The van der Waals surface area contributed by atoms with Crippen molar-refractivity contribution in [2.24, 2.45) is 12.0 Å². The molecule has 1 aliphatic heterocycles. The summed E-state index contributed by atoms with van der Waals surface area (Å²) < 4.78 is 7.11. The number of halogens is 1. The lowest BCUT2D eigenvalue weighted by molar-refractivity contribution is 0.0868. The zero-order valence-corrected chi connectivity index (χ0v) is 13.3. The molecule has 3 N–H and O–H groups in total. The van der Waals surface area contributed by atoms with E-state index in [1.54, 1.807) is 17.9 Å². The number of ether oxygens (including phenoxy) is 1. The Morgan fingerprint density at radius 3 is 3.13 bits per heavy atom. The van der Waals surface area contributed by atoms with Crippen molar-refractivity contribution >= 4 is 23.3 Å². The summed E-state index contributed by atoms with van der Waals surface area (Å²) in [5.41, 5.74) is 1.42. The van der Waals surface area contributed by atoms with E-state index in [4.69, 9.17) is 16.3 Å². The Bertz CT molecular complexity index is 718. The van der Waals surface area contributed by atoms with Gasteiger partial charge >= 0.3 is 0 Å². The fraction of sp³-hybridized carbons (Fsp3) is 0.357. The Labute approximate surface area is 137 Å². The van der Waals surface area contributed by atoms with Crippen molar-refractivity contribution in [3.8, 4) is 0 Å². The first kappa shape index (κ1) is 15.7. The quantitative estimate of drug-likeness (QED) is 0.582. The molecular formula is C14H17ClN6O2. The first-order valence-corrected chi connectivity index (χ1v) is 7.45. The van der Waals surface area contributed by atoms with E-state index < -0.39 is 6.10 Å². The summed E-state index contributed by atoms with van der Waals surface area (Å²) in [6.07, 6.45) is 2.87. The molecule has 0 aromatic carbocycles. The molecule has 0 saturated carbocycles. The number of H-pyrrole nitrogens is 1. The average Bonchev–Trinajstić information content (AvgIpc) is 3.20. The molecule has 8 nitrogen and oxygen atoms in total. The van der Waals surface area contributed by atoms with E-state index in [1.807, 2.05) is 6.07 Å². The van der Waals surface area contributed by atoms with Crippen LogP contribution >= 0.6 is 11.6 Å². The van der Waals surface area contributed by atoms with E-state index in [2.05, 4.69) is 32.2 Å². The molecular weight excluding hydrogens is 320 g/mol. The highest BCUT2D eigenvalue weighted by atomic mass is 35.5. The lowest BCUT2D eigenvalue weighted by Gasteiger charge is -2.08. The predicted octanol–water partition coefficient (Wildman–Crippen LogP) is 1.62. The zero-order valence-electron chi connectivity index (χ0n) is 12.5. The van der Waals surface area contributed by atoms with Crippen LogP contribution in [0.5, 0.6) is 0 Å². The molecule has 3 heterocycles. The third-order valence-electron chi connectivity index (χ3n) is 3.51. The topological polar surface area (TPSA) is 100 Å². The monoisotopic (exact) mass is 336 g/mol. The van der Waals surface area contributed by atoms with Crippen molar-refractivity contribution in [2.75, 3.05) is 11.9 Å². The molecule has 0 bridgehead atoms. The molecule has 2 unspecified atom stereocenters. The van der Waals surface area contributed by atoms with Crippen LogP contribution in [0.4, 0.5) is 5.82 Å². The number of aromatic nitrogens is 4. The summed E-state index contributed by atoms with van der Waals surface area (Å²) in [6, 6.07) is 1.81. The number of anilines is 1. The first-order valence-electron chi connectivity index (χ1n) is 7.07. The van der Waals surface area contributed by atoms with Crippen LogP contribution in [-0.2, 0) is 11.8 Å². The second kappa shape index (κ2) is 6.53. The number of nitrogens with one attached hydrogen (secondary N) is 2. The van der Waals surface area contributed by atoms with Gasteiger partial charge in [-0.2, -0.15) is 10.2 Å². The third kappa shape index (κ3) is 3.29. The molecule has 0 spiro atoms. The lowest BCUT2D eigenvalue weighted by atomic mass is 10.1. The van der Waals surface area contributed by atoms with Crippen molar-refractivity contribution in [3.63, 3.8) is 0 Å². The summed E-state index contributed by atoms with van der Waals surface area (Å²) in [6.45, 7) is 3.95. The van der Waals surface area contributed by atoms with Gasteiger partial charge in [-0.15, -0.1) is 0 Å². The Morgan fingerprint density at radius 1 is 1.70 bits per heavy atom. The van der Waals surface area contributed by atoms with E-state index in [0.717, 1.165) is 5.69 Å². The predicted molar refractivity (Wildman–Crippen MR) is 86.5 cm³/mol. The van der Waals surface area contributed by atoms with E-state index in [0.29, 0.717) is 35.4 Å². The Morgan fingerprint density at radius 2 is 2.52 bits per heavy atom. The first-order chi connectivity index (χ1) is 11.1. The van der Waals surface area contributed by atoms with Gasteiger partial charge in [-0.05, 0) is 0 Å².